The van der Waals surface area contributed by atoms with Gasteiger partial charge in [0.25, 0.3) is 17.9 Å². The molecule has 11 nitrogen and oxygen atoms in total. The maximum Gasteiger partial charge on any atom is 0.279 e. The Morgan fingerprint density at radius 2 is 2.06 bits per heavy atom. The smallest absolute Gasteiger partial charge is 0.279 e. The molecule has 1 atom stereocenters. The van der Waals surface area contributed by atoms with Crippen LogP contribution in [-0.2, 0) is 9.59 Å². The normalized spacial score (nSPS) is 18.1. The first kappa shape index (κ1) is 22.7. The predicted molar refractivity (Wildman–Crippen MR) is 125 cm³/mol. The maximum atomic E-state index is 13.0. The van der Waals surface area contributed by atoms with E-state index in [0.29, 0.717) is 11.6 Å². The van der Waals surface area contributed by atoms with Gasteiger partial charge in [0.15, 0.2) is 11.6 Å². The van der Waals surface area contributed by atoms with E-state index in [2.05, 4.69) is 37.4 Å². The number of hydrogen-bond donors (Lipinski definition) is 3. The largest absolute Gasteiger partial charge is 0.465 e. The molecule has 2 amide bonds. The first-order chi connectivity index (χ1) is 16.0. The number of ether oxygens (including phenoxy) is 1. The summed E-state index contributed by atoms with van der Waals surface area (Å²) in [5.74, 6) is 0.179. The number of amides is 2. The van der Waals surface area contributed by atoms with Crippen LogP contribution >= 0.6 is 0 Å². The van der Waals surface area contributed by atoms with Gasteiger partial charge < -0.3 is 26.0 Å². The van der Waals surface area contributed by atoms with E-state index in [4.69, 9.17) is 10.5 Å². The van der Waals surface area contributed by atoms with Gasteiger partial charge >= 0.3 is 0 Å². The third kappa shape index (κ3) is 4.82. The molecule has 2 aromatic rings. The zero-order valence-electron chi connectivity index (χ0n) is 19.0. The van der Waals surface area contributed by atoms with Crippen molar-refractivity contribution in [1.29, 1.82) is 0 Å². The van der Waals surface area contributed by atoms with Gasteiger partial charge in [-0.1, -0.05) is 12.8 Å². The number of carbonyl (C=O) groups is 2. The summed E-state index contributed by atoms with van der Waals surface area (Å²) in [6.07, 6.45) is 5.61. The van der Waals surface area contributed by atoms with Crippen LogP contribution < -0.4 is 30.9 Å². The summed E-state index contributed by atoms with van der Waals surface area (Å²) < 4.78 is 5.54. The second-order valence-electron chi connectivity index (χ2n) is 8.14. The number of fused-ring (bicyclic) bond motifs is 1. The number of nitrogens with one attached hydrogen (secondary N) is 2. The van der Waals surface area contributed by atoms with E-state index in [1.807, 2.05) is 19.2 Å². The molecule has 0 bridgehead atoms. The van der Waals surface area contributed by atoms with E-state index in [1.54, 1.807) is 11.1 Å². The Balaban J connectivity index is 1.56. The van der Waals surface area contributed by atoms with Gasteiger partial charge in [0.2, 0.25) is 5.95 Å². The van der Waals surface area contributed by atoms with Gasteiger partial charge in [0.1, 0.15) is 5.82 Å². The van der Waals surface area contributed by atoms with Crippen molar-refractivity contribution in [3.63, 3.8) is 0 Å². The highest BCUT2D eigenvalue weighted by molar-refractivity contribution is 6.12. The van der Waals surface area contributed by atoms with Crippen molar-refractivity contribution < 1.29 is 14.3 Å². The first-order valence-electron chi connectivity index (χ1n) is 11.3. The minimum atomic E-state index is -1.36. The molecule has 1 aliphatic heterocycles. The number of aromatic nitrogens is 3. The Kier molecular flexibility index (Phi) is 6.87. The van der Waals surface area contributed by atoms with E-state index in [-0.39, 0.29) is 17.7 Å². The summed E-state index contributed by atoms with van der Waals surface area (Å²) in [6.45, 7) is 4.74. The van der Waals surface area contributed by atoms with Gasteiger partial charge in [-0.05, 0) is 38.9 Å². The van der Waals surface area contributed by atoms with Gasteiger partial charge in [0, 0.05) is 25.7 Å². The molecular weight excluding hydrogens is 424 g/mol. The summed E-state index contributed by atoms with van der Waals surface area (Å²) in [7, 11) is 1.93. The topological polar surface area (TPSA) is 139 Å². The van der Waals surface area contributed by atoms with Crippen molar-refractivity contribution in [3.8, 4) is 5.75 Å². The molecule has 0 aromatic carbocycles. The van der Waals surface area contributed by atoms with Crippen molar-refractivity contribution in [3.05, 3.63) is 24.5 Å². The van der Waals surface area contributed by atoms with Crippen molar-refractivity contribution in [2.45, 2.75) is 44.8 Å². The molecule has 0 spiro atoms. The van der Waals surface area contributed by atoms with Gasteiger partial charge in [0.05, 0.1) is 18.1 Å². The number of primary amides is 1. The lowest BCUT2D eigenvalue weighted by Crippen LogP contribution is -2.55. The quantitative estimate of drug-likeness (QED) is 0.477. The zero-order chi connectivity index (χ0) is 23.4. The van der Waals surface area contributed by atoms with Crippen LogP contribution in [0.3, 0.4) is 0 Å². The Morgan fingerprint density at radius 1 is 1.27 bits per heavy atom. The number of likely N-dealkylation sites (N-methyl/N-ethyl adjacent to an activating group) is 2. The van der Waals surface area contributed by atoms with Crippen molar-refractivity contribution in [2.75, 3.05) is 41.8 Å². The molecule has 1 aliphatic carbocycles. The molecule has 0 radical (unpaired) electrons. The number of hydrogen-bond acceptors (Lipinski definition) is 9. The summed E-state index contributed by atoms with van der Waals surface area (Å²) in [5.41, 5.74) is 6.42. The van der Waals surface area contributed by atoms with Crippen LogP contribution in [0.2, 0.25) is 0 Å². The Morgan fingerprint density at radius 3 is 2.70 bits per heavy atom. The predicted octanol–water partition coefficient (Wildman–Crippen LogP) is 1.18. The van der Waals surface area contributed by atoms with Crippen molar-refractivity contribution in [2.24, 2.45) is 5.73 Å². The Labute approximate surface area is 192 Å². The molecular formula is C22H30N8O3. The molecule has 4 N–H and O–H groups in total. The number of pyridine rings is 1. The molecule has 3 heterocycles. The Bertz CT molecular complexity index is 994. The molecule has 33 heavy (non-hydrogen) atoms. The molecule has 0 saturated heterocycles. The molecule has 1 unspecified atom stereocenters. The van der Waals surface area contributed by atoms with Crippen LogP contribution in [0, 0.1) is 0 Å². The average Bonchev–Trinajstić information content (AvgIpc) is 3.34. The lowest BCUT2D eigenvalue weighted by molar-refractivity contribution is -0.137. The summed E-state index contributed by atoms with van der Waals surface area (Å²) in [6, 6.07) is 3.81. The highest BCUT2D eigenvalue weighted by Crippen LogP contribution is 2.37. The number of carbonyl (C=O) groups excluding carboxylic acids is 2. The fraction of sp³-hybridized carbons (Fsp3) is 0.500. The standard InChI is InChI=1S/C22H30N8O3/c1-3-29(11-10-24-2)15-8-9-17(25-12-15)27-22-26-13-16-20(28-22)30(14-6-4-5-7-14)21(32)18(33-16)19(23)31/h8-9,12-14,18,24H,3-7,10-11H2,1-2H3,(H2,23,31)(H,25,26,27,28). The second-order valence-corrected chi connectivity index (χ2v) is 8.14. The van der Waals surface area contributed by atoms with E-state index >= 15 is 0 Å². The fourth-order valence-electron chi connectivity index (χ4n) is 4.26. The number of nitrogens with two attached hydrogens (primary N) is 1. The van der Waals surface area contributed by atoms with Crippen LogP contribution in [0.15, 0.2) is 24.5 Å². The first-order valence-corrected chi connectivity index (χ1v) is 11.3. The van der Waals surface area contributed by atoms with Crippen LogP contribution in [0.1, 0.15) is 32.6 Å². The number of nitrogens with zero attached hydrogens (tertiary/aromatic N) is 5. The SMILES string of the molecule is CCN(CCNC)c1ccc(Nc2ncc3c(n2)N(C2CCCC2)C(=O)C(C(N)=O)O3)nc1. The zero-order valence-corrected chi connectivity index (χ0v) is 19.0. The highest BCUT2D eigenvalue weighted by Gasteiger charge is 2.43. The average molecular weight is 455 g/mol. The van der Waals surface area contributed by atoms with Crippen LogP contribution in [0.5, 0.6) is 5.75 Å². The van der Waals surface area contributed by atoms with Crippen molar-refractivity contribution in [1.82, 2.24) is 20.3 Å². The van der Waals surface area contributed by atoms with Gasteiger partial charge in [-0.3, -0.25) is 14.5 Å². The van der Waals surface area contributed by atoms with Crippen molar-refractivity contribution >= 4 is 35.1 Å². The molecule has 1 fully saturated rings. The van der Waals surface area contributed by atoms with Crippen LogP contribution in [0.4, 0.5) is 23.3 Å². The molecule has 2 aromatic heterocycles. The van der Waals surface area contributed by atoms with E-state index in [9.17, 15) is 9.59 Å². The minimum absolute atomic E-state index is 0.0419. The maximum absolute atomic E-state index is 13.0. The third-order valence-electron chi connectivity index (χ3n) is 5.99. The lowest BCUT2D eigenvalue weighted by atomic mass is 10.1. The second kappa shape index (κ2) is 9.99. The number of anilines is 4. The molecule has 2 aliphatic rings. The monoisotopic (exact) mass is 454 g/mol. The number of rotatable bonds is 9. The van der Waals surface area contributed by atoms with Crippen LogP contribution in [-0.4, -0.2) is 65.6 Å². The van der Waals surface area contributed by atoms with Gasteiger partial charge in [-0.15, -0.1) is 0 Å². The molecule has 1 saturated carbocycles. The highest BCUT2D eigenvalue weighted by atomic mass is 16.5. The summed E-state index contributed by atoms with van der Waals surface area (Å²) in [5, 5.41) is 6.24. The van der Waals surface area contributed by atoms with Crippen LogP contribution in [0.25, 0.3) is 0 Å². The molecule has 176 valence electrons. The third-order valence-corrected chi connectivity index (χ3v) is 5.99. The minimum Gasteiger partial charge on any atom is -0.465 e. The Hall–Kier alpha value is -3.47. The fourth-order valence-corrected chi connectivity index (χ4v) is 4.26. The van der Waals surface area contributed by atoms with E-state index < -0.39 is 17.9 Å². The van der Waals surface area contributed by atoms with E-state index in [0.717, 1.165) is 51.0 Å². The summed E-state index contributed by atoms with van der Waals surface area (Å²) in [4.78, 5) is 41.9. The van der Waals surface area contributed by atoms with Gasteiger partial charge in [-0.25, -0.2) is 9.97 Å². The molecule has 11 heteroatoms. The lowest BCUT2D eigenvalue weighted by Gasteiger charge is -2.35. The molecule has 4 rings (SSSR count). The van der Waals surface area contributed by atoms with Gasteiger partial charge in [-0.2, -0.15) is 4.98 Å². The van der Waals surface area contributed by atoms with E-state index in [1.165, 1.54) is 6.20 Å². The summed E-state index contributed by atoms with van der Waals surface area (Å²) >= 11 is 0.